The van der Waals surface area contributed by atoms with Crippen LogP contribution < -0.4 is 0 Å². The number of benzene rings is 11. The van der Waals surface area contributed by atoms with Gasteiger partial charge in [0.1, 0.15) is 0 Å². The zero-order chi connectivity index (χ0) is 40.5. The van der Waals surface area contributed by atoms with E-state index in [-0.39, 0.29) is 0 Å². The van der Waals surface area contributed by atoms with E-state index in [0.29, 0.717) is 0 Å². The second-order valence-corrected chi connectivity index (χ2v) is 16.8. The van der Waals surface area contributed by atoms with E-state index in [1.807, 2.05) is 0 Å². The lowest BCUT2D eigenvalue weighted by Crippen LogP contribution is -1.96. The van der Waals surface area contributed by atoms with Crippen LogP contribution in [0.5, 0.6) is 0 Å². The number of fused-ring (bicyclic) bond motifs is 12. The van der Waals surface area contributed by atoms with Crippen molar-refractivity contribution in [3.63, 3.8) is 0 Å². The summed E-state index contributed by atoms with van der Waals surface area (Å²) in [6.45, 7) is 0. The number of para-hydroxylation sites is 2. The maximum absolute atomic E-state index is 2.48. The van der Waals surface area contributed by atoms with Crippen molar-refractivity contribution in [1.29, 1.82) is 0 Å². The highest BCUT2D eigenvalue weighted by Gasteiger charge is 2.24. The summed E-state index contributed by atoms with van der Waals surface area (Å²) in [5.41, 5.74) is 17.4. The second-order valence-electron chi connectivity index (χ2n) is 16.8. The maximum atomic E-state index is 2.48. The van der Waals surface area contributed by atoms with E-state index < -0.39 is 0 Å². The summed E-state index contributed by atoms with van der Waals surface area (Å²) in [4.78, 5) is 0. The summed E-state index contributed by atoms with van der Waals surface area (Å²) in [6.07, 6.45) is 0. The normalized spacial score (nSPS) is 12.2. The Morgan fingerprint density at radius 1 is 0.258 bits per heavy atom. The van der Waals surface area contributed by atoms with Crippen molar-refractivity contribution in [3.05, 3.63) is 218 Å². The van der Waals surface area contributed by atoms with E-state index in [1.54, 1.807) is 0 Å². The van der Waals surface area contributed by atoms with Crippen molar-refractivity contribution in [2.75, 3.05) is 0 Å². The van der Waals surface area contributed by atoms with Crippen LogP contribution in [0.25, 0.3) is 132 Å². The molecule has 0 atom stereocenters. The fourth-order valence-electron chi connectivity index (χ4n) is 11.0. The molecule has 14 rings (SSSR count). The molecule has 1 aliphatic carbocycles. The molecule has 0 saturated carbocycles. The van der Waals surface area contributed by atoms with Gasteiger partial charge in [-0.1, -0.05) is 176 Å². The van der Waals surface area contributed by atoms with Crippen LogP contribution in [-0.2, 0) is 0 Å². The minimum atomic E-state index is 1.16. The van der Waals surface area contributed by atoms with E-state index in [4.69, 9.17) is 0 Å². The average Bonchev–Trinajstić information content (AvgIpc) is 3.98. The predicted octanol–water partition coefficient (Wildman–Crippen LogP) is 16.3. The molecule has 0 radical (unpaired) electrons. The summed E-state index contributed by atoms with van der Waals surface area (Å²) in [5, 5.41) is 12.7. The Bertz CT molecular complexity index is 4000. The summed E-state index contributed by atoms with van der Waals surface area (Å²) in [7, 11) is 0. The molecule has 0 unspecified atom stereocenters. The van der Waals surface area contributed by atoms with Gasteiger partial charge in [0.05, 0.1) is 27.8 Å². The SMILES string of the molecule is c1ccc(-n2c3cc(-c4ccc5c(c4)c4ccccc4n5-c4ccc(-c5ccc6c7c(cccc57)-c5ccccc5-6)c5ccccc45)ccc3c3ccc4ccccc4c32)cc1. The van der Waals surface area contributed by atoms with E-state index in [0.717, 1.165) is 5.69 Å². The van der Waals surface area contributed by atoms with E-state index in [1.165, 1.54) is 126 Å². The number of hydrogen-bond donors (Lipinski definition) is 0. The Labute approximate surface area is 357 Å². The molecular weight excluding hydrogens is 749 g/mol. The lowest BCUT2D eigenvalue weighted by Gasteiger charge is -2.16. The topological polar surface area (TPSA) is 9.86 Å². The molecule has 2 aromatic heterocycles. The summed E-state index contributed by atoms with van der Waals surface area (Å²) in [6, 6.07) is 81.0. The highest BCUT2D eigenvalue weighted by Crippen LogP contribution is 2.50. The minimum Gasteiger partial charge on any atom is -0.309 e. The van der Waals surface area contributed by atoms with Crippen LogP contribution in [0.15, 0.2) is 218 Å². The first-order chi connectivity index (χ1) is 30.8. The molecule has 0 bridgehead atoms. The third kappa shape index (κ3) is 4.58. The zero-order valence-electron chi connectivity index (χ0n) is 33.7. The van der Waals surface area contributed by atoms with E-state index >= 15 is 0 Å². The molecule has 286 valence electrons. The standard InChI is InChI=1S/C60H36N2/c1-2-14-40(15-3-1)61-58-36-39(26-28-49(58)53-29-25-37-13-4-5-16-41(37)60(53)61)38-27-33-57-54(35-38)48-21-10-11-24-55(48)62(57)56-34-32-45(42-17-8-9-20-47(42)56)46-30-31-52-44-19-7-6-18-43(44)50-22-12-23-51(46)59(50)52/h1-36H. The maximum Gasteiger partial charge on any atom is 0.0619 e. The molecule has 2 heterocycles. The van der Waals surface area contributed by atoms with Gasteiger partial charge < -0.3 is 9.13 Å². The summed E-state index contributed by atoms with van der Waals surface area (Å²) >= 11 is 0. The van der Waals surface area contributed by atoms with E-state index in [9.17, 15) is 0 Å². The molecule has 2 heteroatoms. The zero-order valence-corrected chi connectivity index (χ0v) is 33.7. The van der Waals surface area contributed by atoms with Gasteiger partial charge in [0.15, 0.2) is 0 Å². The van der Waals surface area contributed by atoms with Gasteiger partial charge in [0.2, 0.25) is 0 Å². The third-order valence-electron chi connectivity index (χ3n) is 13.7. The quantitative estimate of drug-likeness (QED) is 0.168. The average molecular weight is 785 g/mol. The summed E-state index contributed by atoms with van der Waals surface area (Å²) in [5.74, 6) is 0. The first-order valence-corrected chi connectivity index (χ1v) is 21.5. The molecule has 0 N–H and O–H groups in total. The second kappa shape index (κ2) is 12.7. The number of hydrogen-bond acceptors (Lipinski definition) is 0. The number of aromatic nitrogens is 2. The summed E-state index contributed by atoms with van der Waals surface area (Å²) < 4.78 is 4.94. The molecule has 0 amide bonds. The molecule has 11 aromatic carbocycles. The van der Waals surface area contributed by atoms with Crippen molar-refractivity contribution >= 4 is 75.9 Å². The molecular formula is C60H36N2. The fourth-order valence-corrected chi connectivity index (χ4v) is 11.0. The van der Waals surface area contributed by atoms with Crippen LogP contribution in [0, 0.1) is 0 Å². The Morgan fingerprint density at radius 2 is 0.839 bits per heavy atom. The van der Waals surface area contributed by atoms with Gasteiger partial charge >= 0.3 is 0 Å². The lowest BCUT2D eigenvalue weighted by molar-refractivity contribution is 1.19. The van der Waals surface area contributed by atoms with Gasteiger partial charge in [0.25, 0.3) is 0 Å². The minimum absolute atomic E-state index is 1.16. The largest absolute Gasteiger partial charge is 0.309 e. The highest BCUT2D eigenvalue weighted by molar-refractivity contribution is 6.22. The number of rotatable bonds is 4. The van der Waals surface area contributed by atoms with Gasteiger partial charge in [0, 0.05) is 38.0 Å². The van der Waals surface area contributed by atoms with Gasteiger partial charge in [-0.05, 0) is 109 Å². The Kier molecular flexibility index (Phi) is 6.86. The van der Waals surface area contributed by atoms with Crippen LogP contribution in [0.2, 0.25) is 0 Å². The van der Waals surface area contributed by atoms with Gasteiger partial charge in [-0.15, -0.1) is 0 Å². The van der Waals surface area contributed by atoms with Crippen LogP contribution in [-0.4, -0.2) is 9.13 Å². The molecule has 62 heavy (non-hydrogen) atoms. The van der Waals surface area contributed by atoms with Crippen molar-refractivity contribution in [3.8, 4) is 55.9 Å². The van der Waals surface area contributed by atoms with Gasteiger partial charge in [-0.2, -0.15) is 0 Å². The van der Waals surface area contributed by atoms with Crippen molar-refractivity contribution < 1.29 is 0 Å². The third-order valence-corrected chi connectivity index (χ3v) is 13.7. The molecule has 0 saturated heterocycles. The fraction of sp³-hybridized carbons (Fsp3) is 0. The lowest BCUT2D eigenvalue weighted by atomic mass is 9.91. The molecule has 0 aliphatic heterocycles. The van der Waals surface area contributed by atoms with E-state index in [2.05, 4.69) is 228 Å². The van der Waals surface area contributed by atoms with Crippen molar-refractivity contribution in [2.24, 2.45) is 0 Å². The molecule has 2 nitrogen and oxygen atoms in total. The van der Waals surface area contributed by atoms with Crippen molar-refractivity contribution in [2.45, 2.75) is 0 Å². The Hall–Kier alpha value is -8.20. The first-order valence-electron chi connectivity index (χ1n) is 21.5. The molecule has 13 aromatic rings. The first kappa shape index (κ1) is 33.6. The van der Waals surface area contributed by atoms with Crippen molar-refractivity contribution in [1.82, 2.24) is 9.13 Å². The Morgan fingerprint density at radius 3 is 1.71 bits per heavy atom. The van der Waals surface area contributed by atoms with Crippen LogP contribution in [0.4, 0.5) is 0 Å². The smallest absolute Gasteiger partial charge is 0.0619 e. The van der Waals surface area contributed by atoms with Gasteiger partial charge in [-0.3, -0.25) is 0 Å². The molecule has 1 aliphatic rings. The van der Waals surface area contributed by atoms with Gasteiger partial charge in [-0.25, -0.2) is 0 Å². The molecule has 0 fully saturated rings. The predicted molar refractivity (Wildman–Crippen MR) is 263 cm³/mol. The number of nitrogens with zero attached hydrogens (tertiary/aromatic N) is 2. The van der Waals surface area contributed by atoms with Crippen LogP contribution >= 0.6 is 0 Å². The van der Waals surface area contributed by atoms with Crippen LogP contribution in [0.3, 0.4) is 0 Å². The highest BCUT2D eigenvalue weighted by atomic mass is 15.0. The van der Waals surface area contributed by atoms with Crippen LogP contribution in [0.1, 0.15) is 0 Å². The monoisotopic (exact) mass is 784 g/mol. The molecule has 0 spiro atoms. The Balaban J connectivity index is 0.955.